The summed E-state index contributed by atoms with van der Waals surface area (Å²) in [5.74, 6) is -2.57. The van der Waals surface area contributed by atoms with Gasteiger partial charge >= 0.3 is 0 Å². The van der Waals surface area contributed by atoms with Crippen LogP contribution in [0.5, 0.6) is 0 Å². The van der Waals surface area contributed by atoms with Gasteiger partial charge in [-0.25, -0.2) is 26.3 Å². The summed E-state index contributed by atoms with van der Waals surface area (Å²) in [5.41, 5.74) is 8.71. The molecule has 0 saturated carbocycles. The second-order valence-electron chi connectivity index (χ2n) is 17.8. The molecule has 72 heavy (non-hydrogen) atoms. The number of halogens is 6. The standard InChI is InChI=1S/C64H38F6N2/c65-49-11-1-7-41(29-49)45-27-46(42-8-2-12-50(66)30-42)34-57(33-45)71(55-17-5-15-53(69)37-55)61-25-21-39-20-24-60-62(26-22-40-19-23-59(61)63(39)64(40)60)72(56-18-6-16-54(70)38-56)58-35-47(43-9-3-13-51(67)31-43)28-48(36-58)44-10-4-14-52(68)32-44/h1-38H. The Morgan fingerprint density at radius 1 is 0.222 bits per heavy atom. The molecule has 0 aliphatic heterocycles. The Morgan fingerprint density at radius 2 is 0.514 bits per heavy atom. The van der Waals surface area contributed by atoms with Gasteiger partial charge in [-0.1, -0.05) is 97.1 Å². The van der Waals surface area contributed by atoms with E-state index in [0.717, 1.165) is 32.3 Å². The number of rotatable bonds is 10. The number of anilines is 6. The zero-order valence-corrected chi connectivity index (χ0v) is 38.1. The van der Waals surface area contributed by atoms with Crippen LogP contribution in [0.2, 0.25) is 0 Å². The van der Waals surface area contributed by atoms with Crippen LogP contribution >= 0.6 is 0 Å². The normalized spacial score (nSPS) is 11.5. The lowest BCUT2D eigenvalue weighted by molar-refractivity contribution is 0.627. The number of benzene rings is 12. The molecule has 0 radical (unpaired) electrons. The SMILES string of the molecule is Fc1cccc(-c2cc(-c3cccc(F)c3)cc(N(c3cccc(F)c3)c3ccc4ccc5c(N(c6cccc(F)c6)c6cc(-c7cccc(F)c7)cc(-c7cccc(F)c7)c6)ccc6ccc3c4c65)c2)c1. The maximum Gasteiger partial charge on any atom is 0.125 e. The fraction of sp³-hybridized carbons (Fsp3) is 0. The molecule has 2 nitrogen and oxygen atoms in total. The molecule has 0 N–H and O–H groups in total. The monoisotopic (exact) mass is 948 g/mol. The smallest absolute Gasteiger partial charge is 0.125 e. The second kappa shape index (κ2) is 18.0. The average molecular weight is 949 g/mol. The minimum atomic E-state index is -0.453. The molecular weight excluding hydrogens is 911 g/mol. The molecule has 0 aliphatic rings. The lowest BCUT2D eigenvalue weighted by atomic mass is 9.91. The molecule has 0 amide bonds. The third-order valence-electron chi connectivity index (χ3n) is 13.2. The van der Waals surface area contributed by atoms with Gasteiger partial charge < -0.3 is 9.80 Å². The highest BCUT2D eigenvalue weighted by Gasteiger charge is 2.24. The van der Waals surface area contributed by atoms with Gasteiger partial charge in [0, 0.05) is 33.5 Å². The fourth-order valence-corrected chi connectivity index (χ4v) is 10.1. The average Bonchev–Trinajstić information content (AvgIpc) is 3.39. The van der Waals surface area contributed by atoms with Crippen molar-refractivity contribution in [3.05, 3.63) is 265 Å². The molecule has 0 saturated heterocycles. The molecule has 0 atom stereocenters. The third-order valence-corrected chi connectivity index (χ3v) is 13.2. The van der Waals surface area contributed by atoms with Crippen molar-refractivity contribution in [3.63, 3.8) is 0 Å². The van der Waals surface area contributed by atoms with Gasteiger partial charge in [-0.15, -0.1) is 0 Å². The number of nitrogens with zero attached hydrogens (tertiary/aromatic N) is 2. The van der Waals surface area contributed by atoms with Crippen LogP contribution in [-0.4, -0.2) is 0 Å². The molecule has 346 valence electrons. The molecule has 0 unspecified atom stereocenters. The minimum Gasteiger partial charge on any atom is -0.310 e. The quantitative estimate of drug-likeness (QED) is 0.0996. The summed E-state index contributed by atoms with van der Waals surface area (Å²) in [5, 5.41) is 5.33. The Morgan fingerprint density at radius 3 is 0.819 bits per heavy atom. The van der Waals surface area contributed by atoms with Gasteiger partial charge in [-0.3, -0.25) is 0 Å². The molecular formula is C64H38F6N2. The van der Waals surface area contributed by atoms with Crippen molar-refractivity contribution in [1.82, 2.24) is 0 Å². The van der Waals surface area contributed by atoms with E-state index in [4.69, 9.17) is 0 Å². The Hall–Kier alpha value is -9.14. The van der Waals surface area contributed by atoms with Crippen LogP contribution in [0.15, 0.2) is 231 Å². The summed E-state index contributed by atoms with van der Waals surface area (Å²) in [4.78, 5) is 3.93. The molecule has 0 fully saturated rings. The van der Waals surface area contributed by atoms with Crippen molar-refractivity contribution in [2.24, 2.45) is 0 Å². The predicted octanol–water partition coefficient (Wildman–Crippen LogP) is 19.0. The minimum absolute atomic E-state index is 0.416. The Labute approximate surface area is 410 Å². The maximum atomic E-state index is 15.5. The molecule has 12 aromatic carbocycles. The summed E-state index contributed by atoms with van der Waals surface area (Å²) in [6.45, 7) is 0. The van der Waals surface area contributed by atoms with Crippen LogP contribution in [0.4, 0.5) is 60.5 Å². The number of hydrogen-bond acceptors (Lipinski definition) is 2. The highest BCUT2D eigenvalue weighted by atomic mass is 19.1. The summed E-state index contributed by atoms with van der Waals surface area (Å²) in [6.07, 6.45) is 0. The van der Waals surface area contributed by atoms with E-state index >= 15 is 8.78 Å². The molecule has 0 bridgehead atoms. The zero-order chi connectivity index (χ0) is 49.0. The van der Waals surface area contributed by atoms with E-state index in [-0.39, 0.29) is 0 Å². The third kappa shape index (κ3) is 8.22. The van der Waals surface area contributed by atoms with Crippen LogP contribution in [0.3, 0.4) is 0 Å². The molecule has 0 spiro atoms. The highest BCUT2D eigenvalue weighted by Crippen LogP contribution is 2.49. The van der Waals surface area contributed by atoms with E-state index in [1.165, 1.54) is 72.8 Å². The molecule has 12 aromatic rings. The first-order valence-electron chi connectivity index (χ1n) is 23.3. The molecule has 0 aliphatic carbocycles. The molecule has 0 heterocycles. The van der Waals surface area contributed by atoms with E-state index < -0.39 is 34.9 Å². The zero-order valence-electron chi connectivity index (χ0n) is 38.1. The molecule has 0 aromatic heterocycles. The van der Waals surface area contributed by atoms with Crippen LogP contribution in [0.25, 0.3) is 76.8 Å². The topological polar surface area (TPSA) is 6.48 Å². The largest absolute Gasteiger partial charge is 0.310 e. The maximum absolute atomic E-state index is 15.5. The Bertz CT molecular complexity index is 3670. The van der Waals surface area contributed by atoms with Gasteiger partial charge in [0.05, 0.1) is 11.4 Å². The van der Waals surface area contributed by atoms with Gasteiger partial charge in [0.15, 0.2) is 0 Å². The van der Waals surface area contributed by atoms with Gasteiger partial charge in [0.25, 0.3) is 0 Å². The van der Waals surface area contributed by atoms with Crippen molar-refractivity contribution in [2.45, 2.75) is 0 Å². The highest BCUT2D eigenvalue weighted by molar-refractivity contribution is 6.28. The molecule has 12 rings (SSSR count). The van der Waals surface area contributed by atoms with E-state index in [2.05, 4.69) is 0 Å². The molecule has 8 heteroatoms. The van der Waals surface area contributed by atoms with Crippen LogP contribution in [-0.2, 0) is 0 Å². The lowest BCUT2D eigenvalue weighted by Gasteiger charge is -2.30. The summed E-state index contributed by atoms with van der Waals surface area (Å²) < 4.78 is 90.5. The van der Waals surface area contributed by atoms with E-state index in [1.54, 1.807) is 36.4 Å². The van der Waals surface area contributed by atoms with Crippen molar-refractivity contribution in [3.8, 4) is 44.5 Å². The van der Waals surface area contributed by atoms with Crippen molar-refractivity contribution >= 4 is 66.4 Å². The van der Waals surface area contributed by atoms with Gasteiger partial charge in [0.1, 0.15) is 34.9 Å². The predicted molar refractivity (Wildman–Crippen MR) is 281 cm³/mol. The first kappa shape index (κ1) is 44.1. The van der Waals surface area contributed by atoms with Crippen molar-refractivity contribution in [2.75, 3.05) is 9.80 Å². The van der Waals surface area contributed by atoms with Crippen LogP contribution in [0, 0.1) is 34.9 Å². The first-order chi connectivity index (χ1) is 35.1. The van der Waals surface area contributed by atoms with Crippen LogP contribution in [0.1, 0.15) is 0 Å². The van der Waals surface area contributed by atoms with E-state index in [9.17, 15) is 17.6 Å². The van der Waals surface area contributed by atoms with Gasteiger partial charge in [0.2, 0.25) is 0 Å². The number of hydrogen-bond donors (Lipinski definition) is 0. The van der Waals surface area contributed by atoms with E-state index in [0.29, 0.717) is 78.6 Å². The van der Waals surface area contributed by atoms with Crippen molar-refractivity contribution < 1.29 is 26.3 Å². The Kier molecular flexibility index (Phi) is 11.0. The summed E-state index contributed by atoms with van der Waals surface area (Å²) in [7, 11) is 0. The van der Waals surface area contributed by atoms with Crippen LogP contribution < -0.4 is 9.80 Å². The van der Waals surface area contributed by atoms with Crippen molar-refractivity contribution in [1.29, 1.82) is 0 Å². The Balaban J connectivity index is 1.11. The van der Waals surface area contributed by atoms with Gasteiger partial charge in [-0.05, 0) is 200 Å². The lowest BCUT2D eigenvalue weighted by Crippen LogP contribution is -2.12. The first-order valence-corrected chi connectivity index (χ1v) is 23.3. The summed E-state index contributed by atoms with van der Waals surface area (Å²) >= 11 is 0. The van der Waals surface area contributed by atoms with Gasteiger partial charge in [-0.2, -0.15) is 0 Å². The second-order valence-corrected chi connectivity index (χ2v) is 17.8. The fourth-order valence-electron chi connectivity index (χ4n) is 10.1. The summed E-state index contributed by atoms with van der Waals surface area (Å²) in [6, 6.07) is 65.4. The van der Waals surface area contributed by atoms with E-state index in [1.807, 2.05) is 131 Å².